The zero-order valence-electron chi connectivity index (χ0n) is 17.3. The number of benzene rings is 1. The Morgan fingerprint density at radius 1 is 1.16 bits per heavy atom. The van der Waals surface area contributed by atoms with E-state index in [9.17, 15) is 30.4 Å². The van der Waals surface area contributed by atoms with Gasteiger partial charge in [-0.25, -0.2) is 17.2 Å². The molecule has 1 aliphatic heterocycles. The van der Waals surface area contributed by atoms with Crippen molar-refractivity contribution >= 4 is 27.6 Å². The first-order valence-corrected chi connectivity index (χ1v) is 11.0. The Bertz CT molecular complexity index is 1220. The SMILES string of the molecule is CC1(c2cc(C=C(F)c3ccc(C(F)(F)F)cn3)ccc2F)CS(=O)(=O)C(C)(C)C(N)=N1. The summed E-state index contributed by atoms with van der Waals surface area (Å²) < 4.78 is 91.2. The average molecular weight is 473 g/mol. The van der Waals surface area contributed by atoms with E-state index in [4.69, 9.17) is 5.73 Å². The fourth-order valence-electron chi connectivity index (χ4n) is 3.25. The first-order valence-electron chi connectivity index (χ1n) is 9.36. The number of nitrogens with two attached hydrogens (primary N) is 1. The summed E-state index contributed by atoms with van der Waals surface area (Å²) in [6, 6.07) is 5.06. The number of amidine groups is 1. The largest absolute Gasteiger partial charge is 0.417 e. The number of nitrogens with zero attached hydrogens (tertiary/aromatic N) is 2. The second kappa shape index (κ2) is 7.65. The maximum Gasteiger partial charge on any atom is 0.417 e. The minimum absolute atomic E-state index is 0.110. The molecule has 0 bridgehead atoms. The maximum absolute atomic E-state index is 14.6. The van der Waals surface area contributed by atoms with Crippen LogP contribution in [0.2, 0.25) is 0 Å². The van der Waals surface area contributed by atoms with Gasteiger partial charge < -0.3 is 5.73 Å². The van der Waals surface area contributed by atoms with Crippen LogP contribution >= 0.6 is 0 Å². The summed E-state index contributed by atoms with van der Waals surface area (Å²) in [7, 11) is -3.79. The molecule has 11 heteroatoms. The molecule has 1 unspecified atom stereocenters. The van der Waals surface area contributed by atoms with Gasteiger partial charge in [0.05, 0.1) is 17.0 Å². The average Bonchev–Trinajstić information content (AvgIpc) is 2.67. The van der Waals surface area contributed by atoms with E-state index in [1.54, 1.807) is 0 Å². The van der Waals surface area contributed by atoms with E-state index in [0.29, 0.717) is 12.3 Å². The van der Waals surface area contributed by atoms with Crippen molar-refractivity contribution in [3.8, 4) is 0 Å². The fraction of sp³-hybridized carbons (Fsp3) is 0.333. The van der Waals surface area contributed by atoms with Gasteiger partial charge in [-0.3, -0.25) is 9.98 Å². The first kappa shape index (κ1) is 23.8. The summed E-state index contributed by atoms with van der Waals surface area (Å²) in [5.74, 6) is -2.40. The maximum atomic E-state index is 14.6. The van der Waals surface area contributed by atoms with E-state index in [0.717, 1.165) is 18.2 Å². The van der Waals surface area contributed by atoms with Crippen LogP contribution in [0.25, 0.3) is 11.9 Å². The zero-order valence-corrected chi connectivity index (χ0v) is 18.2. The number of aliphatic imine (C=N–C) groups is 1. The lowest BCUT2D eigenvalue weighted by molar-refractivity contribution is -0.137. The Morgan fingerprint density at radius 3 is 2.34 bits per heavy atom. The van der Waals surface area contributed by atoms with Crippen LogP contribution in [0, 0.1) is 5.82 Å². The molecule has 1 aliphatic rings. The molecular weight excluding hydrogens is 453 g/mol. The lowest BCUT2D eigenvalue weighted by Crippen LogP contribution is -2.55. The molecule has 0 saturated carbocycles. The molecule has 2 N–H and O–H groups in total. The third kappa shape index (κ3) is 4.25. The van der Waals surface area contributed by atoms with Crippen LogP contribution in [0.4, 0.5) is 22.0 Å². The lowest BCUT2D eigenvalue weighted by Gasteiger charge is -2.38. The van der Waals surface area contributed by atoms with E-state index in [1.807, 2.05) is 0 Å². The summed E-state index contributed by atoms with van der Waals surface area (Å²) in [5, 5.41) is 0. The molecule has 1 aromatic heterocycles. The minimum atomic E-state index is -4.61. The lowest BCUT2D eigenvalue weighted by atomic mass is 9.91. The van der Waals surface area contributed by atoms with Gasteiger partial charge in [0.1, 0.15) is 27.8 Å². The smallest absolute Gasteiger partial charge is 0.386 e. The molecule has 5 nitrogen and oxygen atoms in total. The van der Waals surface area contributed by atoms with Crippen LogP contribution in [0.15, 0.2) is 41.5 Å². The summed E-state index contributed by atoms with van der Waals surface area (Å²) in [6.45, 7) is 4.22. The third-order valence-corrected chi connectivity index (χ3v) is 8.14. The number of rotatable bonds is 3. The summed E-state index contributed by atoms with van der Waals surface area (Å²) >= 11 is 0. The van der Waals surface area contributed by atoms with Gasteiger partial charge in [-0.05, 0) is 56.7 Å². The standard InChI is InChI=1S/C21H20F5N3O2S/c1-19(2)18(27)29-20(3,11-32(19,30)31)14-8-12(4-6-15(14)22)9-16(23)17-7-5-13(10-28-17)21(24,25)26/h4-10H,11H2,1-3H3,(H2,27,29). The van der Waals surface area contributed by atoms with Crippen molar-refractivity contribution in [3.05, 3.63) is 64.7 Å². The summed E-state index contributed by atoms with van der Waals surface area (Å²) in [6.07, 6.45) is -3.15. The Labute approximate surface area is 181 Å². The molecule has 0 radical (unpaired) electrons. The summed E-state index contributed by atoms with van der Waals surface area (Å²) in [4.78, 5) is 7.72. The van der Waals surface area contributed by atoms with Crippen LogP contribution in [0.5, 0.6) is 0 Å². The van der Waals surface area contributed by atoms with E-state index in [-0.39, 0.29) is 22.7 Å². The number of hydrogen-bond donors (Lipinski definition) is 1. The van der Waals surface area contributed by atoms with E-state index >= 15 is 0 Å². The van der Waals surface area contributed by atoms with Crippen LogP contribution < -0.4 is 5.73 Å². The van der Waals surface area contributed by atoms with Gasteiger partial charge >= 0.3 is 6.18 Å². The quantitative estimate of drug-likeness (QED) is 0.666. The zero-order chi connectivity index (χ0) is 24.1. The van der Waals surface area contributed by atoms with Gasteiger partial charge in [-0.1, -0.05) is 6.07 Å². The van der Waals surface area contributed by atoms with Gasteiger partial charge in [0.25, 0.3) is 0 Å². The molecule has 0 aliphatic carbocycles. The number of hydrogen-bond acceptors (Lipinski definition) is 5. The Hall–Kier alpha value is -2.82. The second-order valence-electron chi connectivity index (χ2n) is 8.20. The highest BCUT2D eigenvalue weighted by Crippen LogP contribution is 2.38. The molecule has 2 heterocycles. The van der Waals surface area contributed by atoms with Gasteiger partial charge in [-0.15, -0.1) is 0 Å². The van der Waals surface area contributed by atoms with Crippen molar-refractivity contribution in [2.45, 2.75) is 37.2 Å². The number of alkyl halides is 3. The van der Waals surface area contributed by atoms with Crippen molar-refractivity contribution < 1.29 is 30.4 Å². The highest BCUT2D eigenvalue weighted by Gasteiger charge is 2.49. The highest BCUT2D eigenvalue weighted by molar-refractivity contribution is 7.93. The Kier molecular flexibility index (Phi) is 5.70. The van der Waals surface area contributed by atoms with Crippen LogP contribution in [-0.2, 0) is 21.6 Å². The normalized spacial score (nSPS) is 23.0. The predicted molar refractivity (Wildman–Crippen MR) is 111 cm³/mol. The molecular formula is C21H20F5N3O2S. The predicted octanol–water partition coefficient (Wildman–Crippen LogP) is 4.49. The van der Waals surface area contributed by atoms with Crippen LogP contribution in [-0.4, -0.2) is 29.7 Å². The van der Waals surface area contributed by atoms with Gasteiger partial charge in [0.15, 0.2) is 9.84 Å². The highest BCUT2D eigenvalue weighted by atomic mass is 32.2. The van der Waals surface area contributed by atoms with E-state index < -0.39 is 49.3 Å². The monoisotopic (exact) mass is 473 g/mol. The number of sulfone groups is 1. The number of pyridine rings is 1. The molecule has 32 heavy (non-hydrogen) atoms. The second-order valence-corrected chi connectivity index (χ2v) is 10.7. The van der Waals surface area contributed by atoms with Crippen molar-refractivity contribution in [2.24, 2.45) is 10.7 Å². The van der Waals surface area contributed by atoms with Crippen molar-refractivity contribution in [1.29, 1.82) is 0 Å². The molecule has 0 amide bonds. The van der Waals surface area contributed by atoms with Crippen molar-refractivity contribution in [3.63, 3.8) is 0 Å². The molecule has 0 fully saturated rings. The van der Waals surface area contributed by atoms with Crippen molar-refractivity contribution in [2.75, 3.05) is 5.75 Å². The Balaban J connectivity index is 2.02. The molecule has 0 saturated heterocycles. The minimum Gasteiger partial charge on any atom is -0.386 e. The molecule has 2 aromatic rings. The fourth-order valence-corrected chi connectivity index (χ4v) is 4.93. The van der Waals surface area contributed by atoms with Gasteiger partial charge in [-0.2, -0.15) is 13.2 Å². The summed E-state index contributed by atoms with van der Waals surface area (Å²) in [5.41, 5.74) is 2.98. The van der Waals surface area contributed by atoms with E-state index in [1.165, 1.54) is 32.9 Å². The Morgan fingerprint density at radius 2 is 1.81 bits per heavy atom. The first-order chi connectivity index (χ1) is 14.6. The molecule has 3 rings (SSSR count). The van der Waals surface area contributed by atoms with Crippen LogP contribution in [0.1, 0.15) is 43.2 Å². The number of aromatic nitrogens is 1. The molecule has 172 valence electrons. The topological polar surface area (TPSA) is 85.4 Å². The third-order valence-electron chi connectivity index (χ3n) is 5.43. The van der Waals surface area contributed by atoms with Crippen molar-refractivity contribution in [1.82, 2.24) is 4.98 Å². The molecule has 0 spiro atoms. The van der Waals surface area contributed by atoms with E-state index in [2.05, 4.69) is 9.98 Å². The van der Waals surface area contributed by atoms with Crippen LogP contribution in [0.3, 0.4) is 0 Å². The van der Waals surface area contributed by atoms with Gasteiger partial charge in [0, 0.05) is 11.8 Å². The van der Waals surface area contributed by atoms with Gasteiger partial charge in [0.2, 0.25) is 0 Å². The molecule has 1 aromatic carbocycles. The number of halogens is 5. The molecule has 1 atom stereocenters.